The van der Waals surface area contributed by atoms with Crippen molar-refractivity contribution < 1.29 is 23.4 Å². The molecule has 0 spiro atoms. The molecule has 0 aromatic heterocycles. The number of hydrogen-bond acceptors (Lipinski definition) is 4. The van der Waals surface area contributed by atoms with Crippen molar-refractivity contribution in [3.8, 4) is 5.75 Å². The van der Waals surface area contributed by atoms with Crippen LogP contribution in [0.25, 0.3) is 0 Å². The molecule has 5 nitrogen and oxygen atoms in total. The standard InChI is InChI=1S/C11H12O5S/c1-6(11(13)14)10-5-7-8(12)3-2-4-9(7)17(10,15)16/h2-4,6,10,12H,5H2,1H3,(H,13,14). The van der Waals surface area contributed by atoms with Gasteiger partial charge in [-0.1, -0.05) is 13.0 Å². The van der Waals surface area contributed by atoms with Crippen molar-refractivity contribution >= 4 is 15.8 Å². The lowest BCUT2D eigenvalue weighted by Crippen LogP contribution is -2.30. The van der Waals surface area contributed by atoms with Crippen molar-refractivity contribution in [3.05, 3.63) is 23.8 Å². The van der Waals surface area contributed by atoms with Gasteiger partial charge in [-0.2, -0.15) is 0 Å². The molecule has 92 valence electrons. The van der Waals surface area contributed by atoms with E-state index >= 15 is 0 Å². The summed E-state index contributed by atoms with van der Waals surface area (Å²) in [5.74, 6) is -2.23. The summed E-state index contributed by atoms with van der Waals surface area (Å²) in [5.41, 5.74) is 0.325. The summed E-state index contributed by atoms with van der Waals surface area (Å²) < 4.78 is 24.2. The Balaban J connectivity index is 2.54. The third kappa shape index (κ3) is 1.68. The van der Waals surface area contributed by atoms with Gasteiger partial charge in [-0.15, -0.1) is 0 Å². The van der Waals surface area contributed by atoms with Crippen molar-refractivity contribution in [2.24, 2.45) is 5.92 Å². The van der Waals surface area contributed by atoms with E-state index in [4.69, 9.17) is 5.11 Å². The predicted molar refractivity (Wildman–Crippen MR) is 59.6 cm³/mol. The molecule has 2 N–H and O–H groups in total. The van der Waals surface area contributed by atoms with Gasteiger partial charge in [-0.3, -0.25) is 4.79 Å². The minimum absolute atomic E-state index is 0.0515. The fraction of sp³-hybridized carbons (Fsp3) is 0.364. The third-order valence-electron chi connectivity index (χ3n) is 3.17. The number of carbonyl (C=O) groups is 1. The number of hydrogen-bond donors (Lipinski definition) is 2. The van der Waals surface area contributed by atoms with Crippen LogP contribution >= 0.6 is 0 Å². The zero-order valence-corrected chi connectivity index (χ0v) is 9.94. The fourth-order valence-corrected chi connectivity index (χ4v) is 4.27. The highest BCUT2D eigenvalue weighted by Crippen LogP contribution is 2.39. The summed E-state index contributed by atoms with van der Waals surface area (Å²) in [4.78, 5) is 10.9. The number of fused-ring (bicyclic) bond motifs is 1. The van der Waals surface area contributed by atoms with Crippen LogP contribution in [0.2, 0.25) is 0 Å². The molecule has 1 aromatic carbocycles. The van der Waals surface area contributed by atoms with Crippen molar-refractivity contribution in [2.45, 2.75) is 23.5 Å². The van der Waals surface area contributed by atoms with Crippen molar-refractivity contribution in [1.29, 1.82) is 0 Å². The molecule has 1 aliphatic rings. The van der Waals surface area contributed by atoms with Crippen LogP contribution in [0.4, 0.5) is 0 Å². The first-order valence-electron chi connectivity index (χ1n) is 5.13. The van der Waals surface area contributed by atoms with Crippen molar-refractivity contribution in [1.82, 2.24) is 0 Å². The van der Waals surface area contributed by atoms with Gasteiger partial charge in [0, 0.05) is 5.56 Å². The van der Waals surface area contributed by atoms with Crippen LogP contribution in [0.5, 0.6) is 5.75 Å². The second-order valence-corrected chi connectivity index (χ2v) is 6.30. The van der Waals surface area contributed by atoms with Gasteiger partial charge in [0.1, 0.15) is 5.75 Å². The van der Waals surface area contributed by atoms with Crippen LogP contribution in [0.1, 0.15) is 12.5 Å². The molecule has 2 atom stereocenters. The lowest BCUT2D eigenvalue weighted by molar-refractivity contribution is -0.141. The number of phenols is 1. The molecular weight excluding hydrogens is 244 g/mol. The largest absolute Gasteiger partial charge is 0.508 e. The summed E-state index contributed by atoms with van der Waals surface area (Å²) >= 11 is 0. The van der Waals surface area contributed by atoms with Crippen LogP contribution in [-0.2, 0) is 21.1 Å². The highest BCUT2D eigenvalue weighted by atomic mass is 32.2. The lowest BCUT2D eigenvalue weighted by Gasteiger charge is -2.13. The number of aliphatic carboxylic acids is 1. The van der Waals surface area contributed by atoms with Crippen LogP contribution < -0.4 is 0 Å². The Bertz CT molecular complexity index is 576. The molecular formula is C11H12O5S. The second-order valence-electron chi connectivity index (χ2n) is 4.17. The third-order valence-corrected chi connectivity index (χ3v) is 5.53. The molecule has 0 radical (unpaired) electrons. The summed E-state index contributed by atoms with van der Waals surface area (Å²) in [6.45, 7) is 1.37. The topological polar surface area (TPSA) is 91.7 Å². The number of benzene rings is 1. The molecule has 0 fully saturated rings. The normalized spacial score (nSPS) is 23.0. The van der Waals surface area contributed by atoms with Crippen molar-refractivity contribution in [3.63, 3.8) is 0 Å². The number of carboxylic acid groups (broad SMARTS) is 1. The van der Waals surface area contributed by atoms with Crippen LogP contribution in [-0.4, -0.2) is 29.9 Å². The smallest absolute Gasteiger partial charge is 0.307 e. The highest BCUT2D eigenvalue weighted by Gasteiger charge is 2.43. The molecule has 2 unspecified atom stereocenters. The molecule has 0 saturated heterocycles. The Morgan fingerprint density at radius 3 is 2.65 bits per heavy atom. The lowest BCUT2D eigenvalue weighted by atomic mass is 10.0. The first-order chi connectivity index (χ1) is 7.85. The molecule has 1 aliphatic heterocycles. The van der Waals surface area contributed by atoms with E-state index < -0.39 is 27.0 Å². The average Bonchev–Trinajstić information content (AvgIpc) is 2.51. The molecule has 0 aliphatic carbocycles. The molecule has 6 heteroatoms. The zero-order chi connectivity index (χ0) is 12.8. The van der Waals surface area contributed by atoms with E-state index in [1.807, 2.05) is 0 Å². The fourth-order valence-electron chi connectivity index (χ4n) is 2.10. The minimum atomic E-state index is -3.65. The van der Waals surface area contributed by atoms with Crippen LogP contribution in [0.3, 0.4) is 0 Å². The SMILES string of the molecule is CC(C(=O)O)C1Cc2c(O)cccc2S1(=O)=O. The molecule has 2 rings (SSSR count). The molecule has 0 saturated carbocycles. The Morgan fingerprint density at radius 1 is 1.47 bits per heavy atom. The van der Waals surface area contributed by atoms with Gasteiger partial charge >= 0.3 is 5.97 Å². The molecule has 0 amide bonds. The second kappa shape index (κ2) is 3.73. The van der Waals surface area contributed by atoms with Gasteiger partial charge in [0.15, 0.2) is 9.84 Å². The average molecular weight is 256 g/mol. The predicted octanol–water partition coefficient (Wildman–Crippen LogP) is 0.811. The molecule has 0 bridgehead atoms. The Kier molecular flexibility index (Phi) is 2.61. The number of rotatable bonds is 2. The van der Waals surface area contributed by atoms with Crippen LogP contribution in [0, 0.1) is 5.92 Å². The Morgan fingerprint density at radius 2 is 2.12 bits per heavy atom. The summed E-state index contributed by atoms with van der Waals surface area (Å²) in [7, 11) is -3.65. The van der Waals surface area contributed by atoms with E-state index in [0.717, 1.165) is 0 Å². The first-order valence-corrected chi connectivity index (χ1v) is 6.68. The highest BCUT2D eigenvalue weighted by molar-refractivity contribution is 7.92. The molecule has 1 aromatic rings. The van der Waals surface area contributed by atoms with E-state index in [9.17, 15) is 18.3 Å². The monoisotopic (exact) mass is 256 g/mol. The molecule has 17 heavy (non-hydrogen) atoms. The van der Waals surface area contributed by atoms with Gasteiger partial charge in [-0.05, 0) is 18.6 Å². The van der Waals surface area contributed by atoms with Crippen molar-refractivity contribution in [2.75, 3.05) is 0 Å². The maximum Gasteiger partial charge on any atom is 0.307 e. The van der Waals surface area contributed by atoms with Gasteiger partial charge < -0.3 is 10.2 Å². The number of phenolic OH excluding ortho intramolecular Hbond substituents is 1. The van der Waals surface area contributed by atoms with E-state index in [2.05, 4.69) is 0 Å². The Labute approximate surface area is 98.6 Å². The molecule has 1 heterocycles. The van der Waals surface area contributed by atoms with E-state index in [0.29, 0.717) is 5.56 Å². The summed E-state index contributed by atoms with van der Waals surface area (Å²) in [5, 5.41) is 17.5. The van der Waals surface area contributed by atoms with Crippen LogP contribution in [0.15, 0.2) is 23.1 Å². The van der Waals surface area contributed by atoms with E-state index in [-0.39, 0.29) is 17.1 Å². The van der Waals surface area contributed by atoms with Gasteiger partial charge in [0.05, 0.1) is 16.1 Å². The number of carboxylic acids is 1. The minimum Gasteiger partial charge on any atom is -0.508 e. The quantitative estimate of drug-likeness (QED) is 0.817. The van der Waals surface area contributed by atoms with Gasteiger partial charge in [-0.25, -0.2) is 8.42 Å². The van der Waals surface area contributed by atoms with E-state index in [1.165, 1.54) is 25.1 Å². The Hall–Kier alpha value is -1.56. The summed E-state index contributed by atoms with van der Waals surface area (Å²) in [6, 6.07) is 4.25. The van der Waals surface area contributed by atoms with Gasteiger partial charge in [0.2, 0.25) is 0 Å². The summed E-state index contributed by atoms with van der Waals surface area (Å²) in [6.07, 6.45) is 0.0534. The van der Waals surface area contributed by atoms with E-state index in [1.54, 1.807) is 0 Å². The maximum atomic E-state index is 12.1. The first kappa shape index (κ1) is 11.9. The maximum absolute atomic E-state index is 12.1. The number of aromatic hydroxyl groups is 1. The zero-order valence-electron chi connectivity index (χ0n) is 9.12. The van der Waals surface area contributed by atoms with Gasteiger partial charge in [0.25, 0.3) is 0 Å². The number of sulfone groups is 1.